The first-order chi connectivity index (χ1) is 16.6. The topological polar surface area (TPSA) is 89.5 Å². The van der Waals surface area contributed by atoms with Crippen LogP contribution in [0.3, 0.4) is 0 Å². The summed E-state index contributed by atoms with van der Waals surface area (Å²) >= 11 is 1.38. The molecule has 9 heteroatoms. The van der Waals surface area contributed by atoms with Gasteiger partial charge in [-0.15, -0.1) is 11.3 Å². The van der Waals surface area contributed by atoms with Gasteiger partial charge in [-0.2, -0.15) is 0 Å². The maximum atomic E-state index is 13.0. The normalized spacial score (nSPS) is 19.8. The number of hydrogen-bond acceptors (Lipinski definition) is 7. The van der Waals surface area contributed by atoms with Crippen molar-refractivity contribution < 1.29 is 9.47 Å². The fourth-order valence-electron chi connectivity index (χ4n) is 5.42. The highest BCUT2D eigenvalue weighted by Crippen LogP contribution is 2.46. The van der Waals surface area contributed by atoms with Crippen molar-refractivity contribution in [1.82, 2.24) is 19.4 Å². The number of aromatic nitrogens is 3. The molecule has 0 unspecified atom stereocenters. The number of hydrogen-bond donors (Lipinski definition) is 1. The summed E-state index contributed by atoms with van der Waals surface area (Å²) in [6.45, 7) is 4.04. The first-order valence-corrected chi connectivity index (χ1v) is 12.5. The predicted molar refractivity (Wildman–Crippen MR) is 132 cm³/mol. The molecule has 34 heavy (non-hydrogen) atoms. The van der Waals surface area contributed by atoms with Crippen molar-refractivity contribution in [1.29, 1.82) is 0 Å². The van der Waals surface area contributed by atoms with Crippen LogP contribution in [0, 0.1) is 5.92 Å². The van der Waals surface area contributed by atoms with E-state index in [-0.39, 0.29) is 11.2 Å². The lowest BCUT2D eigenvalue weighted by Gasteiger charge is -2.29. The lowest BCUT2D eigenvalue weighted by Crippen LogP contribution is -2.34. The van der Waals surface area contributed by atoms with Gasteiger partial charge < -0.3 is 19.4 Å². The van der Waals surface area contributed by atoms with Crippen LogP contribution in [0.25, 0.3) is 20.4 Å². The molecule has 1 aromatic carbocycles. The van der Waals surface area contributed by atoms with Crippen molar-refractivity contribution >= 4 is 31.8 Å². The Balaban J connectivity index is 1.12. The molecule has 2 aliphatic heterocycles. The van der Waals surface area contributed by atoms with E-state index in [1.54, 1.807) is 13.3 Å². The van der Waals surface area contributed by atoms with Gasteiger partial charge in [0.2, 0.25) is 0 Å². The third-order valence-electron chi connectivity index (χ3n) is 7.06. The van der Waals surface area contributed by atoms with Crippen LogP contribution in [0.4, 0.5) is 0 Å². The molecule has 0 saturated carbocycles. The Morgan fingerprint density at radius 3 is 2.94 bits per heavy atom. The highest BCUT2D eigenvalue weighted by Gasteiger charge is 2.40. The van der Waals surface area contributed by atoms with Gasteiger partial charge >= 0.3 is 5.69 Å². The lowest BCUT2D eigenvalue weighted by atomic mass is 9.86. The van der Waals surface area contributed by atoms with E-state index in [1.165, 1.54) is 21.5 Å². The molecule has 1 saturated heterocycles. The fourth-order valence-corrected chi connectivity index (χ4v) is 6.49. The molecule has 0 radical (unpaired) electrons. The number of fused-ring (bicyclic) bond motifs is 6. The second-order valence-corrected chi connectivity index (χ2v) is 10.1. The average Bonchev–Trinajstić information content (AvgIpc) is 3.44. The standard InChI is InChI=1S/C25H26N4O4S/c1-32-17-6-4-7-18-20(17)16-13-28(12-15(16)14-33-18)10-2-3-11-29-24(30)23-22(27-25(29)31)21-19(34-23)8-5-9-26-21/h4-9,15-16H,2-3,10-14H2,1H3,(H,27,31)/t15-,16-/m0/s1. The maximum absolute atomic E-state index is 13.0. The summed E-state index contributed by atoms with van der Waals surface area (Å²) in [6.07, 6.45) is 3.35. The molecule has 1 fully saturated rings. The van der Waals surface area contributed by atoms with Crippen LogP contribution in [0.1, 0.15) is 24.3 Å². The van der Waals surface area contributed by atoms with E-state index < -0.39 is 0 Å². The third kappa shape index (κ3) is 3.50. The Labute approximate surface area is 199 Å². The van der Waals surface area contributed by atoms with Crippen molar-refractivity contribution in [3.05, 3.63) is 62.9 Å². The van der Waals surface area contributed by atoms with Crippen LogP contribution in [-0.2, 0) is 6.54 Å². The van der Waals surface area contributed by atoms with Gasteiger partial charge in [-0.3, -0.25) is 14.3 Å². The third-order valence-corrected chi connectivity index (χ3v) is 8.19. The van der Waals surface area contributed by atoms with Gasteiger partial charge in [0, 0.05) is 43.2 Å². The number of pyridine rings is 1. The molecule has 0 bridgehead atoms. The molecule has 176 valence electrons. The Bertz CT molecular complexity index is 1480. The van der Waals surface area contributed by atoms with Crippen LogP contribution < -0.4 is 20.7 Å². The van der Waals surface area contributed by atoms with E-state index in [0.29, 0.717) is 34.1 Å². The molecule has 6 rings (SSSR count). The van der Waals surface area contributed by atoms with Crippen molar-refractivity contribution in [2.45, 2.75) is 25.3 Å². The summed E-state index contributed by atoms with van der Waals surface area (Å²) < 4.78 is 14.4. The first-order valence-electron chi connectivity index (χ1n) is 11.7. The summed E-state index contributed by atoms with van der Waals surface area (Å²) in [5.74, 6) is 2.71. The van der Waals surface area contributed by atoms with Crippen LogP contribution in [0.5, 0.6) is 11.5 Å². The van der Waals surface area contributed by atoms with Gasteiger partial charge in [0.25, 0.3) is 5.56 Å². The summed E-state index contributed by atoms with van der Waals surface area (Å²) in [5.41, 5.74) is 1.82. The summed E-state index contributed by atoms with van der Waals surface area (Å²) in [6, 6.07) is 9.76. The van der Waals surface area contributed by atoms with Gasteiger partial charge in [0.05, 0.1) is 23.9 Å². The number of benzene rings is 1. The molecule has 3 aromatic heterocycles. The average molecular weight is 479 g/mol. The molecule has 0 spiro atoms. The summed E-state index contributed by atoms with van der Waals surface area (Å²) in [5, 5.41) is 0. The summed E-state index contributed by atoms with van der Waals surface area (Å²) in [4.78, 5) is 35.3. The van der Waals surface area contributed by atoms with Crippen molar-refractivity contribution in [2.24, 2.45) is 5.92 Å². The smallest absolute Gasteiger partial charge is 0.328 e. The largest absolute Gasteiger partial charge is 0.496 e. The Morgan fingerprint density at radius 1 is 1.18 bits per heavy atom. The molecule has 2 atom stereocenters. The number of ether oxygens (including phenoxy) is 2. The highest BCUT2D eigenvalue weighted by atomic mass is 32.1. The van der Waals surface area contributed by atoms with Crippen LogP contribution in [-0.4, -0.2) is 52.8 Å². The molecule has 0 amide bonds. The van der Waals surface area contributed by atoms with E-state index >= 15 is 0 Å². The van der Waals surface area contributed by atoms with E-state index in [2.05, 4.69) is 14.9 Å². The number of methoxy groups -OCH3 is 1. The number of rotatable bonds is 6. The molecule has 5 heterocycles. The van der Waals surface area contributed by atoms with Crippen molar-refractivity contribution in [3.8, 4) is 11.5 Å². The van der Waals surface area contributed by atoms with Crippen LogP contribution >= 0.6 is 11.3 Å². The minimum absolute atomic E-state index is 0.227. The number of aromatic amines is 1. The van der Waals surface area contributed by atoms with Gasteiger partial charge in [-0.1, -0.05) is 6.07 Å². The van der Waals surface area contributed by atoms with Crippen molar-refractivity contribution in [2.75, 3.05) is 33.4 Å². The quantitative estimate of drug-likeness (QED) is 0.428. The Morgan fingerprint density at radius 2 is 2.06 bits per heavy atom. The second kappa shape index (κ2) is 8.56. The van der Waals surface area contributed by atoms with Gasteiger partial charge in [-0.05, 0) is 43.7 Å². The van der Waals surface area contributed by atoms with Crippen LogP contribution in [0.2, 0.25) is 0 Å². The molecule has 4 aromatic rings. The maximum Gasteiger partial charge on any atom is 0.328 e. The Kier molecular flexibility index (Phi) is 5.38. The highest BCUT2D eigenvalue weighted by molar-refractivity contribution is 7.25. The number of thiophene rings is 1. The zero-order valence-electron chi connectivity index (χ0n) is 19.0. The molecule has 2 aliphatic rings. The monoisotopic (exact) mass is 478 g/mol. The van der Waals surface area contributed by atoms with Crippen molar-refractivity contribution in [3.63, 3.8) is 0 Å². The predicted octanol–water partition coefficient (Wildman–Crippen LogP) is 3.20. The number of H-pyrrole nitrogens is 1. The zero-order valence-corrected chi connectivity index (χ0v) is 19.8. The van der Waals surface area contributed by atoms with E-state index in [9.17, 15) is 9.59 Å². The number of nitrogens with zero attached hydrogens (tertiary/aromatic N) is 3. The van der Waals surface area contributed by atoms with Gasteiger partial charge in [0.15, 0.2) is 0 Å². The Hall–Kier alpha value is -3.17. The minimum Gasteiger partial charge on any atom is -0.496 e. The molecule has 8 nitrogen and oxygen atoms in total. The van der Waals surface area contributed by atoms with Crippen LogP contribution in [0.15, 0.2) is 46.1 Å². The number of unbranched alkanes of at least 4 members (excludes halogenated alkanes) is 1. The molecule has 1 N–H and O–H groups in total. The molecular weight excluding hydrogens is 452 g/mol. The minimum atomic E-state index is -0.365. The molecule has 0 aliphatic carbocycles. The van der Waals surface area contributed by atoms with E-state index in [1.807, 2.05) is 30.3 Å². The lowest BCUT2D eigenvalue weighted by molar-refractivity contribution is 0.209. The molecular formula is C25H26N4O4S. The number of nitrogens with one attached hydrogen (secondary N) is 1. The van der Waals surface area contributed by atoms with E-state index in [0.717, 1.165) is 55.3 Å². The fraction of sp³-hybridized carbons (Fsp3) is 0.400. The first kappa shape index (κ1) is 21.4. The number of likely N-dealkylation sites (tertiary alicyclic amines) is 1. The SMILES string of the molecule is COc1cccc2c1[C@H]1CN(CCCCn3c(=O)[nH]c4c(sc5cccnc54)c3=O)C[C@H]1CO2. The zero-order chi connectivity index (χ0) is 23.2. The second-order valence-electron chi connectivity index (χ2n) is 9.06. The van der Waals surface area contributed by atoms with Gasteiger partial charge in [0.1, 0.15) is 21.7 Å². The van der Waals surface area contributed by atoms with E-state index in [4.69, 9.17) is 9.47 Å². The van der Waals surface area contributed by atoms with Gasteiger partial charge in [-0.25, -0.2) is 4.79 Å². The summed E-state index contributed by atoms with van der Waals surface area (Å²) in [7, 11) is 1.71.